The number of piperazine rings is 1. The molecule has 0 saturated carbocycles. The topological polar surface area (TPSA) is 41.8 Å². The van der Waals surface area contributed by atoms with Crippen LogP contribution >= 0.6 is 0 Å². The number of nitrogens with zero attached hydrogens (tertiary/aromatic N) is 1. The molecular weight excluding hydrogens is 243 g/mol. The highest BCUT2D eigenvalue weighted by atomic mass is 32.2. The molecule has 1 N–H and O–H groups in total. The van der Waals surface area contributed by atoms with Crippen molar-refractivity contribution in [1.29, 1.82) is 0 Å². The predicted octanol–water partition coefficient (Wildman–Crippen LogP) is -0.655. The van der Waals surface area contributed by atoms with Crippen molar-refractivity contribution in [3.05, 3.63) is 30.1 Å². The van der Waals surface area contributed by atoms with Crippen LogP contribution < -0.4 is 4.90 Å². The molecule has 0 spiro atoms. The van der Waals surface area contributed by atoms with E-state index in [0.717, 1.165) is 19.2 Å². The molecule has 1 aromatic carbocycles. The van der Waals surface area contributed by atoms with Gasteiger partial charge in [-0.15, -0.1) is 0 Å². The van der Waals surface area contributed by atoms with Crippen LogP contribution in [0.25, 0.3) is 0 Å². The van der Waals surface area contributed by atoms with E-state index in [0.29, 0.717) is 13.1 Å². The fourth-order valence-corrected chi connectivity index (χ4v) is 3.36. The molecule has 1 aliphatic rings. The molecule has 1 saturated heterocycles. The number of rotatable bonds is 2. The first-order chi connectivity index (χ1) is 8.00. The van der Waals surface area contributed by atoms with Crippen molar-refractivity contribution in [2.45, 2.75) is 4.90 Å². The van der Waals surface area contributed by atoms with Crippen LogP contribution in [0.1, 0.15) is 0 Å². The second-order valence-corrected chi connectivity index (χ2v) is 6.26. The highest BCUT2D eigenvalue weighted by Crippen LogP contribution is 2.16. The maximum Gasteiger partial charge on any atom is 0.243 e. The van der Waals surface area contributed by atoms with Crippen molar-refractivity contribution >= 4 is 10.0 Å². The Labute approximate surface area is 101 Å². The number of nitrogens with one attached hydrogen (secondary N) is 1. The lowest BCUT2D eigenvalue weighted by molar-refractivity contribution is -0.883. The molecule has 0 unspecified atom stereocenters. The number of likely N-dealkylation sites (N-methyl/N-ethyl adjacent to an activating group) is 1. The maximum atomic E-state index is 13.0. The average Bonchev–Trinajstić information content (AvgIpc) is 2.29. The first-order valence-corrected chi connectivity index (χ1v) is 7.01. The van der Waals surface area contributed by atoms with Gasteiger partial charge in [-0.3, -0.25) is 0 Å². The number of hydrogen-bond acceptors (Lipinski definition) is 2. The summed E-state index contributed by atoms with van der Waals surface area (Å²) in [7, 11) is -1.49. The summed E-state index contributed by atoms with van der Waals surface area (Å²) in [6.07, 6.45) is 0. The highest BCUT2D eigenvalue weighted by molar-refractivity contribution is 7.89. The van der Waals surface area contributed by atoms with Crippen molar-refractivity contribution in [2.75, 3.05) is 33.2 Å². The van der Waals surface area contributed by atoms with Crippen LogP contribution in [-0.4, -0.2) is 45.9 Å². The number of hydrogen-bond donors (Lipinski definition) is 1. The van der Waals surface area contributed by atoms with Crippen LogP contribution in [0.3, 0.4) is 0 Å². The van der Waals surface area contributed by atoms with Gasteiger partial charge in [-0.2, -0.15) is 4.31 Å². The van der Waals surface area contributed by atoms with Gasteiger partial charge in [-0.25, -0.2) is 12.8 Å². The molecule has 0 amide bonds. The van der Waals surface area contributed by atoms with E-state index in [2.05, 4.69) is 0 Å². The number of halogens is 1. The largest absolute Gasteiger partial charge is 0.335 e. The molecule has 17 heavy (non-hydrogen) atoms. The van der Waals surface area contributed by atoms with Crippen molar-refractivity contribution < 1.29 is 17.7 Å². The monoisotopic (exact) mass is 259 g/mol. The Morgan fingerprint density at radius 3 is 2.53 bits per heavy atom. The van der Waals surface area contributed by atoms with Crippen LogP contribution in [0, 0.1) is 5.82 Å². The van der Waals surface area contributed by atoms with E-state index >= 15 is 0 Å². The Morgan fingerprint density at radius 1 is 1.29 bits per heavy atom. The Bertz CT molecular complexity index is 496. The summed E-state index contributed by atoms with van der Waals surface area (Å²) in [5.41, 5.74) is 0. The van der Waals surface area contributed by atoms with Gasteiger partial charge in [0.25, 0.3) is 0 Å². The molecule has 0 aliphatic carbocycles. The van der Waals surface area contributed by atoms with E-state index in [1.807, 2.05) is 7.05 Å². The number of quaternary nitrogens is 1. The maximum absolute atomic E-state index is 13.0. The molecule has 0 atom stereocenters. The average molecular weight is 259 g/mol. The summed E-state index contributed by atoms with van der Waals surface area (Å²) < 4.78 is 38.9. The lowest BCUT2D eigenvalue weighted by atomic mass is 10.4. The van der Waals surface area contributed by atoms with E-state index in [4.69, 9.17) is 0 Å². The third kappa shape index (κ3) is 2.65. The number of sulfonamides is 1. The van der Waals surface area contributed by atoms with Gasteiger partial charge in [0.1, 0.15) is 5.82 Å². The van der Waals surface area contributed by atoms with Crippen LogP contribution in [0.2, 0.25) is 0 Å². The minimum Gasteiger partial charge on any atom is -0.335 e. The summed E-state index contributed by atoms with van der Waals surface area (Å²) in [5.74, 6) is -0.522. The van der Waals surface area contributed by atoms with Gasteiger partial charge in [0.05, 0.1) is 38.1 Å². The quantitative estimate of drug-likeness (QED) is 0.766. The zero-order chi connectivity index (χ0) is 12.5. The molecule has 0 bridgehead atoms. The van der Waals surface area contributed by atoms with Gasteiger partial charge in [0, 0.05) is 0 Å². The molecule has 2 rings (SSSR count). The molecule has 4 nitrogen and oxygen atoms in total. The van der Waals surface area contributed by atoms with Crippen molar-refractivity contribution in [2.24, 2.45) is 0 Å². The predicted molar refractivity (Wildman–Crippen MR) is 61.8 cm³/mol. The fourth-order valence-electron chi connectivity index (χ4n) is 1.88. The highest BCUT2D eigenvalue weighted by Gasteiger charge is 2.29. The van der Waals surface area contributed by atoms with Crippen LogP contribution in [-0.2, 0) is 10.0 Å². The van der Waals surface area contributed by atoms with Crippen molar-refractivity contribution in [3.8, 4) is 0 Å². The molecule has 1 heterocycles. The number of benzene rings is 1. The first-order valence-electron chi connectivity index (χ1n) is 5.57. The Kier molecular flexibility index (Phi) is 3.46. The van der Waals surface area contributed by atoms with Gasteiger partial charge >= 0.3 is 0 Å². The van der Waals surface area contributed by atoms with E-state index in [-0.39, 0.29) is 4.90 Å². The standard InChI is InChI=1S/C11H15FN2O2S/c1-13-5-7-14(8-6-13)17(15,16)11-4-2-3-10(12)9-11/h2-4,9H,5-8H2,1H3/p+1. The SMILES string of the molecule is C[NH+]1CCN(S(=O)(=O)c2cccc(F)c2)CC1. The molecule has 0 aromatic heterocycles. The molecule has 0 radical (unpaired) electrons. The summed E-state index contributed by atoms with van der Waals surface area (Å²) in [6, 6.07) is 5.17. The second-order valence-electron chi connectivity index (χ2n) is 4.32. The molecule has 94 valence electrons. The van der Waals surface area contributed by atoms with Crippen LogP contribution in [0.5, 0.6) is 0 Å². The van der Waals surface area contributed by atoms with Gasteiger partial charge in [0.15, 0.2) is 0 Å². The molecular formula is C11H16FN2O2S+. The zero-order valence-corrected chi connectivity index (χ0v) is 10.5. The summed E-state index contributed by atoms with van der Waals surface area (Å²) >= 11 is 0. The Hall–Kier alpha value is -0.980. The summed E-state index contributed by atoms with van der Waals surface area (Å²) in [5, 5.41) is 0. The van der Waals surface area contributed by atoms with Crippen LogP contribution in [0.15, 0.2) is 29.2 Å². The lowest BCUT2D eigenvalue weighted by Gasteiger charge is -2.29. The Morgan fingerprint density at radius 2 is 1.94 bits per heavy atom. The van der Waals surface area contributed by atoms with E-state index < -0.39 is 15.8 Å². The van der Waals surface area contributed by atoms with Gasteiger partial charge in [-0.1, -0.05) is 6.07 Å². The molecule has 1 aromatic rings. The third-order valence-corrected chi connectivity index (χ3v) is 4.90. The minimum absolute atomic E-state index is 0.0389. The smallest absolute Gasteiger partial charge is 0.243 e. The zero-order valence-electron chi connectivity index (χ0n) is 9.69. The van der Waals surface area contributed by atoms with Crippen molar-refractivity contribution in [3.63, 3.8) is 0 Å². The fraction of sp³-hybridized carbons (Fsp3) is 0.455. The van der Waals surface area contributed by atoms with Crippen molar-refractivity contribution in [1.82, 2.24) is 4.31 Å². The van der Waals surface area contributed by atoms with E-state index in [9.17, 15) is 12.8 Å². The second kappa shape index (κ2) is 4.72. The molecule has 1 aliphatic heterocycles. The summed E-state index contributed by atoms with van der Waals surface area (Å²) in [6.45, 7) is 2.55. The minimum atomic E-state index is -3.53. The normalized spacial score (nSPS) is 19.4. The van der Waals surface area contributed by atoms with Crippen LogP contribution in [0.4, 0.5) is 4.39 Å². The van der Waals surface area contributed by atoms with Gasteiger partial charge in [-0.05, 0) is 18.2 Å². The molecule has 6 heteroatoms. The molecule has 1 fully saturated rings. The Balaban J connectivity index is 2.25. The lowest BCUT2D eigenvalue weighted by Crippen LogP contribution is -3.12. The van der Waals surface area contributed by atoms with Gasteiger partial charge < -0.3 is 4.90 Å². The van der Waals surface area contributed by atoms with Gasteiger partial charge in [0.2, 0.25) is 10.0 Å². The summed E-state index contributed by atoms with van der Waals surface area (Å²) in [4.78, 5) is 1.35. The first kappa shape index (κ1) is 12.5. The van der Waals surface area contributed by atoms with E-state index in [1.165, 1.54) is 27.4 Å². The third-order valence-electron chi connectivity index (χ3n) is 3.01. The van der Waals surface area contributed by atoms with E-state index in [1.54, 1.807) is 0 Å².